The van der Waals surface area contributed by atoms with Crippen molar-refractivity contribution in [3.8, 4) is 135 Å². The molecule has 0 bridgehead atoms. The van der Waals surface area contributed by atoms with Gasteiger partial charge >= 0.3 is 0 Å². The Morgan fingerprint density at radius 2 is 0.500 bits per heavy atom. The fourth-order valence-electron chi connectivity index (χ4n) is 14.9. The second kappa shape index (κ2) is 24.1. The molecule has 5 nitrogen and oxygen atoms in total. The van der Waals surface area contributed by atoms with E-state index in [1.54, 1.807) is 0 Å². The number of pyridine rings is 1. The van der Waals surface area contributed by atoms with E-state index in [-0.39, 0.29) is 0 Å². The lowest BCUT2D eigenvalue weighted by molar-refractivity contribution is 1.08. The zero-order chi connectivity index (χ0) is 64.1. The molecule has 3 aromatic heterocycles. The van der Waals surface area contributed by atoms with Crippen molar-refractivity contribution >= 4 is 43.6 Å². The highest BCUT2D eigenvalue weighted by atomic mass is 15.1. The predicted molar refractivity (Wildman–Crippen MR) is 397 cm³/mol. The highest BCUT2D eigenvalue weighted by Gasteiger charge is 2.33. The van der Waals surface area contributed by atoms with Crippen LogP contribution in [0.5, 0.6) is 0 Å². The minimum atomic E-state index is 0.552. The lowest BCUT2D eigenvalue weighted by atomic mass is 9.75. The Bertz CT molecular complexity index is 5440. The molecule has 0 saturated heterocycles. The Kier molecular flexibility index (Phi) is 14.3. The molecule has 446 valence electrons. The van der Waals surface area contributed by atoms with Gasteiger partial charge < -0.3 is 4.57 Å². The molecular weight excluding hydrogens is 1160 g/mol. The Morgan fingerprint density at radius 1 is 0.229 bits per heavy atom. The van der Waals surface area contributed by atoms with Gasteiger partial charge in [-0.05, 0) is 115 Å². The van der Waals surface area contributed by atoms with Gasteiger partial charge in [0.05, 0.1) is 38.9 Å². The maximum Gasteiger partial charge on any atom is 0.138 e. The molecule has 96 heavy (non-hydrogen) atoms. The molecule has 0 amide bonds. The van der Waals surface area contributed by atoms with E-state index >= 15 is 0 Å². The zero-order valence-electron chi connectivity index (χ0n) is 52.1. The van der Waals surface area contributed by atoms with Crippen LogP contribution in [0.1, 0.15) is 11.1 Å². The third-order valence-electron chi connectivity index (χ3n) is 18.8. The lowest BCUT2D eigenvalue weighted by Gasteiger charge is -2.28. The molecule has 5 heteroatoms. The van der Waals surface area contributed by atoms with E-state index in [4.69, 9.17) is 4.98 Å². The van der Waals surface area contributed by atoms with Crippen LogP contribution in [0.3, 0.4) is 0 Å². The van der Waals surface area contributed by atoms with Gasteiger partial charge in [-0.3, -0.25) is 4.57 Å². The Hall–Kier alpha value is -13.2. The number of rotatable bonds is 12. The number of hydrogen-bond acceptors (Lipinski definition) is 3. The largest absolute Gasteiger partial charge is 0.309 e. The Labute approximate surface area is 556 Å². The van der Waals surface area contributed by atoms with Crippen molar-refractivity contribution in [1.29, 1.82) is 10.5 Å². The SMILES string of the molecule is N#Cc1c(-c2ccccc2)c(-c2ccccc2)c(-c2cc(-c3c(-c4ccccc4)c(-c4ccccc4)c(C#N)c(-c4ccccc4)c3-c3ccccc3)nc(-n3c4ccccc4c4c5c6ccccc6n(-c6ccccc6)c5ccc43)c2)c(-c2ccccc2)c1-c1ccccc1. The van der Waals surface area contributed by atoms with Crippen molar-refractivity contribution in [2.75, 3.05) is 0 Å². The summed E-state index contributed by atoms with van der Waals surface area (Å²) in [7, 11) is 0. The maximum absolute atomic E-state index is 12.2. The van der Waals surface area contributed by atoms with E-state index in [0.717, 1.165) is 155 Å². The van der Waals surface area contributed by atoms with Gasteiger partial charge in [-0.1, -0.05) is 297 Å². The molecule has 0 spiro atoms. The number of aromatic nitrogens is 3. The molecule has 0 unspecified atom stereocenters. The van der Waals surface area contributed by atoms with Gasteiger partial charge in [-0.15, -0.1) is 0 Å². The quantitative estimate of drug-likeness (QED) is 0.122. The molecule has 0 atom stereocenters. The van der Waals surface area contributed by atoms with Gasteiger partial charge in [-0.25, -0.2) is 4.98 Å². The number of hydrogen-bond donors (Lipinski definition) is 0. The summed E-state index contributed by atoms with van der Waals surface area (Å²) >= 11 is 0. The van der Waals surface area contributed by atoms with Crippen LogP contribution in [0.25, 0.3) is 167 Å². The normalized spacial score (nSPS) is 11.3. The van der Waals surface area contributed by atoms with Crippen LogP contribution in [0.4, 0.5) is 0 Å². The summed E-state index contributed by atoms with van der Waals surface area (Å²) in [5.74, 6) is 0.676. The van der Waals surface area contributed by atoms with Crippen LogP contribution in [-0.2, 0) is 0 Å². The first-order valence-corrected chi connectivity index (χ1v) is 32.4. The summed E-state index contributed by atoms with van der Waals surface area (Å²) in [6.07, 6.45) is 0. The van der Waals surface area contributed by atoms with Gasteiger partial charge in [0.2, 0.25) is 0 Å². The molecule has 0 fully saturated rings. The highest BCUT2D eigenvalue weighted by molar-refractivity contribution is 6.29. The van der Waals surface area contributed by atoms with Crippen molar-refractivity contribution in [1.82, 2.24) is 14.1 Å². The first-order valence-electron chi connectivity index (χ1n) is 32.4. The number of benzene rings is 14. The smallest absolute Gasteiger partial charge is 0.138 e. The highest BCUT2D eigenvalue weighted by Crippen LogP contribution is 2.57. The van der Waals surface area contributed by atoms with E-state index in [9.17, 15) is 10.5 Å². The Morgan fingerprint density at radius 3 is 0.844 bits per heavy atom. The monoisotopic (exact) mass is 1220 g/mol. The zero-order valence-corrected chi connectivity index (χ0v) is 52.1. The van der Waals surface area contributed by atoms with E-state index in [0.29, 0.717) is 22.6 Å². The van der Waals surface area contributed by atoms with Crippen molar-refractivity contribution in [3.05, 3.63) is 357 Å². The van der Waals surface area contributed by atoms with Gasteiger partial charge in [0.15, 0.2) is 0 Å². The van der Waals surface area contributed by atoms with Crippen LogP contribution < -0.4 is 0 Å². The van der Waals surface area contributed by atoms with Crippen molar-refractivity contribution in [3.63, 3.8) is 0 Å². The minimum Gasteiger partial charge on any atom is -0.309 e. The first-order chi connectivity index (χ1) is 47.6. The minimum absolute atomic E-state index is 0.552. The second-order valence-electron chi connectivity index (χ2n) is 24.1. The molecule has 0 aliphatic heterocycles. The molecule has 0 saturated carbocycles. The lowest BCUT2D eigenvalue weighted by Crippen LogP contribution is -2.06. The Balaban J connectivity index is 1.14. The van der Waals surface area contributed by atoms with Gasteiger partial charge in [0, 0.05) is 66.2 Å². The molecule has 0 aliphatic carbocycles. The molecule has 0 radical (unpaired) electrons. The average molecular weight is 1220 g/mol. The molecule has 14 aromatic carbocycles. The van der Waals surface area contributed by atoms with Gasteiger partial charge in [0.25, 0.3) is 0 Å². The molecule has 0 N–H and O–H groups in total. The van der Waals surface area contributed by atoms with Crippen molar-refractivity contribution in [2.45, 2.75) is 0 Å². The van der Waals surface area contributed by atoms with Crippen molar-refractivity contribution < 1.29 is 0 Å². The third kappa shape index (κ3) is 9.42. The summed E-state index contributed by atoms with van der Waals surface area (Å²) in [6.45, 7) is 0. The molecule has 3 heterocycles. The maximum atomic E-state index is 12.2. The molecule has 17 rings (SSSR count). The third-order valence-corrected chi connectivity index (χ3v) is 18.8. The number of fused-ring (bicyclic) bond motifs is 7. The molecular formula is C91H57N5. The molecule has 0 aliphatic rings. The number of nitrogens with zero attached hydrogens (tertiary/aromatic N) is 5. The van der Waals surface area contributed by atoms with Crippen LogP contribution in [0.15, 0.2) is 346 Å². The van der Waals surface area contributed by atoms with Crippen LogP contribution in [-0.4, -0.2) is 14.1 Å². The summed E-state index contributed by atoms with van der Waals surface area (Å²) in [6, 6.07) is 127. The summed E-state index contributed by atoms with van der Waals surface area (Å²) < 4.78 is 4.76. The van der Waals surface area contributed by atoms with E-state index in [1.807, 2.05) is 24.3 Å². The van der Waals surface area contributed by atoms with Crippen molar-refractivity contribution in [2.24, 2.45) is 0 Å². The topological polar surface area (TPSA) is 70.3 Å². The predicted octanol–water partition coefficient (Wildman–Crippen LogP) is 23.7. The van der Waals surface area contributed by atoms with Crippen LogP contribution >= 0.6 is 0 Å². The van der Waals surface area contributed by atoms with Crippen LogP contribution in [0, 0.1) is 22.7 Å². The fraction of sp³-hybridized carbons (Fsp3) is 0. The number of nitriles is 2. The van der Waals surface area contributed by atoms with Crippen LogP contribution in [0.2, 0.25) is 0 Å². The van der Waals surface area contributed by atoms with E-state index < -0.39 is 0 Å². The summed E-state index contributed by atoms with van der Waals surface area (Å²) in [5.41, 5.74) is 23.8. The number of para-hydroxylation sites is 3. The standard InChI is InChI=1S/C91H57N5/c92-58-72-80(60-32-10-1-11-33-60)84(64-40-18-5-19-41-64)88(85(65-42-20-6-21-43-65)81(72)61-34-12-2-13-35-61)68-56-74(94-79(57-68)96-76-53-31-29-51-71(76)90-78(96)55-54-77-89(90)70-50-28-30-52-75(70)95(77)69-48-26-9-27-49-69)91-86(66-44-22-7-23-45-66)82(62-36-14-3-15-37-62)73(59-93)83(63-38-16-4-17-39-63)87(91)67-46-24-8-25-47-67/h1-57H. The summed E-state index contributed by atoms with van der Waals surface area (Å²) in [5, 5.41) is 28.8. The first kappa shape index (κ1) is 56.8. The average Bonchev–Trinajstić information content (AvgIpc) is 1.32. The second-order valence-corrected chi connectivity index (χ2v) is 24.1. The van der Waals surface area contributed by atoms with E-state index in [1.165, 1.54) is 0 Å². The van der Waals surface area contributed by atoms with E-state index in [2.05, 4.69) is 343 Å². The summed E-state index contributed by atoms with van der Waals surface area (Å²) in [4.78, 5) is 6.29. The van der Waals surface area contributed by atoms with Gasteiger partial charge in [0.1, 0.15) is 18.0 Å². The van der Waals surface area contributed by atoms with Gasteiger partial charge in [-0.2, -0.15) is 10.5 Å². The molecule has 17 aromatic rings. The fourth-order valence-corrected chi connectivity index (χ4v) is 14.9.